The number of halogens is 1. The Balaban J connectivity index is 1.89. The molecule has 2 aromatic heterocycles. The Hall–Kier alpha value is -0.800. The molecule has 0 amide bonds. The van der Waals surface area contributed by atoms with Crippen molar-refractivity contribution in [2.24, 2.45) is 0 Å². The van der Waals surface area contributed by atoms with Gasteiger partial charge in [-0.3, -0.25) is 4.57 Å². The van der Waals surface area contributed by atoms with Gasteiger partial charge in [0.2, 0.25) is 0 Å². The number of hydrogen-bond acceptors (Lipinski definition) is 5. The minimum Gasteiger partial charge on any atom is -0.353 e. The van der Waals surface area contributed by atoms with Gasteiger partial charge in [0.05, 0.1) is 6.33 Å². The molecule has 0 aromatic carbocycles. The minimum absolute atomic E-state index is 0.0546. The van der Waals surface area contributed by atoms with Gasteiger partial charge in [0.1, 0.15) is 21.8 Å². The van der Waals surface area contributed by atoms with Crippen molar-refractivity contribution in [3.05, 3.63) is 16.4 Å². The third-order valence-electron chi connectivity index (χ3n) is 3.18. The van der Waals surface area contributed by atoms with Crippen molar-refractivity contribution in [3.63, 3.8) is 0 Å². The summed E-state index contributed by atoms with van der Waals surface area (Å²) in [4.78, 5) is 12.8. The van der Waals surface area contributed by atoms with E-state index in [9.17, 15) is 0 Å². The van der Waals surface area contributed by atoms with E-state index in [4.69, 9.17) is 9.47 Å². The smallest absolute Gasteiger partial charge is 0.166 e. The van der Waals surface area contributed by atoms with Crippen molar-refractivity contribution in [1.29, 1.82) is 0 Å². The van der Waals surface area contributed by atoms with E-state index in [-0.39, 0.29) is 12.5 Å². The maximum atomic E-state index is 5.96. The fourth-order valence-electron chi connectivity index (χ4n) is 2.32. The van der Waals surface area contributed by atoms with Crippen LogP contribution in [0.5, 0.6) is 0 Å². The van der Waals surface area contributed by atoms with Gasteiger partial charge in [-0.15, -0.1) is 0 Å². The topological polar surface area (TPSA) is 62.1 Å². The molecule has 1 aliphatic rings. The van der Waals surface area contributed by atoms with Crippen LogP contribution in [0, 0.1) is 3.70 Å². The Kier molecular flexibility index (Phi) is 3.94. The van der Waals surface area contributed by atoms with Crippen LogP contribution in [-0.2, 0) is 9.47 Å². The van der Waals surface area contributed by atoms with E-state index in [1.54, 1.807) is 12.7 Å². The highest BCUT2D eigenvalue weighted by atomic mass is 127. The summed E-state index contributed by atoms with van der Waals surface area (Å²) in [7, 11) is 0. The first kappa shape index (κ1) is 13.2. The monoisotopic (exact) mass is 374 g/mol. The summed E-state index contributed by atoms with van der Waals surface area (Å²) in [5.74, 6) is 0. The maximum absolute atomic E-state index is 5.96. The van der Waals surface area contributed by atoms with E-state index in [2.05, 4.69) is 37.5 Å². The summed E-state index contributed by atoms with van der Waals surface area (Å²) in [5, 5.41) is 0. The van der Waals surface area contributed by atoms with Gasteiger partial charge in [-0.2, -0.15) is 0 Å². The van der Waals surface area contributed by atoms with Crippen LogP contribution >= 0.6 is 22.6 Å². The Morgan fingerprint density at radius 3 is 3.16 bits per heavy atom. The van der Waals surface area contributed by atoms with E-state index in [1.807, 2.05) is 11.5 Å². The second-order valence-corrected chi connectivity index (χ2v) is 5.42. The van der Waals surface area contributed by atoms with Crippen LogP contribution in [-0.4, -0.2) is 32.4 Å². The summed E-state index contributed by atoms with van der Waals surface area (Å²) in [6, 6.07) is 0. The normalized spacial score (nSPS) is 23.9. The summed E-state index contributed by atoms with van der Waals surface area (Å²) in [6.07, 6.45) is 6.14. The molecule has 3 heterocycles. The van der Waals surface area contributed by atoms with Crippen LogP contribution in [0.1, 0.15) is 32.4 Å². The lowest BCUT2D eigenvalue weighted by Gasteiger charge is -2.30. The van der Waals surface area contributed by atoms with Crippen LogP contribution in [0.4, 0.5) is 0 Å². The van der Waals surface area contributed by atoms with Gasteiger partial charge in [-0.05, 0) is 48.8 Å². The van der Waals surface area contributed by atoms with Gasteiger partial charge in [0.15, 0.2) is 11.9 Å². The molecule has 2 atom stereocenters. The summed E-state index contributed by atoms with van der Waals surface area (Å²) >= 11 is 2.17. The molecule has 0 aliphatic carbocycles. The van der Waals surface area contributed by atoms with Crippen molar-refractivity contribution in [2.75, 3.05) is 6.61 Å². The predicted molar refractivity (Wildman–Crippen MR) is 77.4 cm³/mol. The van der Waals surface area contributed by atoms with Crippen LogP contribution in [0.2, 0.25) is 0 Å². The molecule has 102 valence electrons. The van der Waals surface area contributed by atoms with Crippen molar-refractivity contribution >= 4 is 33.8 Å². The second kappa shape index (κ2) is 5.68. The quantitative estimate of drug-likeness (QED) is 0.610. The highest BCUT2D eigenvalue weighted by Gasteiger charge is 2.25. The third-order valence-corrected chi connectivity index (χ3v) is 3.97. The first-order valence-corrected chi connectivity index (χ1v) is 7.47. The molecule has 0 N–H and O–H groups in total. The zero-order chi connectivity index (χ0) is 13.2. The molecule has 0 spiro atoms. The fourth-order valence-corrected chi connectivity index (χ4v) is 2.82. The molecule has 1 fully saturated rings. The number of imidazole rings is 1. The molecule has 0 bridgehead atoms. The fraction of sp³-hybridized carbons (Fsp3) is 0.583. The molecule has 3 rings (SSSR count). The molecular weight excluding hydrogens is 359 g/mol. The van der Waals surface area contributed by atoms with E-state index < -0.39 is 0 Å². The number of nitrogens with zero attached hydrogens (tertiary/aromatic N) is 4. The molecule has 0 saturated carbocycles. The van der Waals surface area contributed by atoms with E-state index >= 15 is 0 Å². The summed E-state index contributed by atoms with van der Waals surface area (Å²) in [5.41, 5.74) is 1.65. The van der Waals surface area contributed by atoms with E-state index in [0.29, 0.717) is 6.61 Å². The van der Waals surface area contributed by atoms with Crippen molar-refractivity contribution in [1.82, 2.24) is 19.5 Å². The van der Waals surface area contributed by atoms with Gasteiger partial charge >= 0.3 is 0 Å². The average Bonchev–Trinajstić information content (AvgIpc) is 2.85. The Morgan fingerprint density at radius 1 is 1.42 bits per heavy atom. The van der Waals surface area contributed by atoms with E-state index in [1.165, 1.54) is 0 Å². The lowest BCUT2D eigenvalue weighted by atomic mass is 10.1. The number of hydrogen-bond donors (Lipinski definition) is 0. The summed E-state index contributed by atoms with van der Waals surface area (Å²) in [6.45, 7) is 2.65. The van der Waals surface area contributed by atoms with Gasteiger partial charge in [0.25, 0.3) is 0 Å². The standard InChI is InChI=1S/C12H15IN4O2/c1-2-18-9-5-3-4-8(19-9)17-7-16-10-11(13)14-6-15-12(10)17/h6-9H,2-5H2,1H3. The lowest BCUT2D eigenvalue weighted by Crippen LogP contribution is -2.28. The zero-order valence-corrected chi connectivity index (χ0v) is 12.8. The van der Waals surface area contributed by atoms with Crippen LogP contribution in [0.15, 0.2) is 12.7 Å². The minimum atomic E-state index is -0.123. The average molecular weight is 374 g/mol. The first-order valence-electron chi connectivity index (χ1n) is 6.39. The van der Waals surface area contributed by atoms with E-state index in [0.717, 1.165) is 34.1 Å². The van der Waals surface area contributed by atoms with Crippen LogP contribution in [0.25, 0.3) is 11.2 Å². The lowest BCUT2D eigenvalue weighted by molar-refractivity contribution is -0.211. The highest BCUT2D eigenvalue weighted by molar-refractivity contribution is 14.1. The number of aromatic nitrogens is 4. The molecule has 2 unspecified atom stereocenters. The maximum Gasteiger partial charge on any atom is 0.166 e. The molecule has 7 heteroatoms. The SMILES string of the molecule is CCOC1CCCC(n2cnc3c(I)ncnc32)O1. The van der Waals surface area contributed by atoms with Gasteiger partial charge in [-0.1, -0.05) is 0 Å². The Morgan fingerprint density at radius 2 is 2.32 bits per heavy atom. The molecule has 19 heavy (non-hydrogen) atoms. The van der Waals surface area contributed by atoms with Crippen molar-refractivity contribution in [2.45, 2.75) is 38.7 Å². The van der Waals surface area contributed by atoms with Gasteiger partial charge in [-0.25, -0.2) is 15.0 Å². The zero-order valence-electron chi connectivity index (χ0n) is 10.6. The van der Waals surface area contributed by atoms with Gasteiger partial charge in [0, 0.05) is 6.61 Å². The first-order chi connectivity index (χ1) is 9.29. The predicted octanol–water partition coefficient (Wildman–Crippen LogP) is 2.49. The van der Waals surface area contributed by atoms with Crippen LogP contribution < -0.4 is 0 Å². The molecule has 1 saturated heterocycles. The number of ether oxygens (including phenoxy) is 2. The molecule has 6 nitrogen and oxygen atoms in total. The second-order valence-electron chi connectivity index (χ2n) is 4.40. The molecule has 2 aromatic rings. The molecule has 0 radical (unpaired) electrons. The van der Waals surface area contributed by atoms with Crippen molar-refractivity contribution < 1.29 is 9.47 Å². The Bertz CT molecular complexity index is 572. The number of fused-ring (bicyclic) bond motifs is 1. The third kappa shape index (κ3) is 2.59. The Labute approximate surface area is 124 Å². The highest BCUT2D eigenvalue weighted by Crippen LogP contribution is 2.29. The van der Waals surface area contributed by atoms with Crippen LogP contribution in [0.3, 0.4) is 0 Å². The van der Waals surface area contributed by atoms with Crippen molar-refractivity contribution in [3.8, 4) is 0 Å². The number of rotatable bonds is 3. The molecule has 1 aliphatic heterocycles. The van der Waals surface area contributed by atoms with Gasteiger partial charge < -0.3 is 9.47 Å². The largest absolute Gasteiger partial charge is 0.353 e. The summed E-state index contributed by atoms with van der Waals surface area (Å²) < 4.78 is 14.4. The molecular formula is C12H15IN4O2.